The lowest BCUT2D eigenvalue weighted by molar-refractivity contribution is 0.628. The highest BCUT2D eigenvalue weighted by molar-refractivity contribution is 14.1. The van der Waals surface area contributed by atoms with E-state index >= 15 is 0 Å². The van der Waals surface area contributed by atoms with E-state index in [1.807, 2.05) is 0 Å². The van der Waals surface area contributed by atoms with Crippen molar-refractivity contribution >= 4 is 56.1 Å². The number of para-hydroxylation sites is 1. The van der Waals surface area contributed by atoms with Crippen molar-refractivity contribution in [2.24, 2.45) is 0 Å². The first-order chi connectivity index (χ1) is 14.0. The van der Waals surface area contributed by atoms with Crippen molar-refractivity contribution in [2.75, 3.05) is 0 Å². The Morgan fingerprint density at radius 2 is 1.48 bits per heavy atom. The second-order valence-corrected chi connectivity index (χ2v) is 10.2. The van der Waals surface area contributed by atoms with Crippen LogP contribution in [0.5, 0.6) is 0 Å². The Bertz CT molecular complexity index is 1270. The zero-order chi connectivity index (χ0) is 20.2. The molecule has 5 rings (SSSR count). The maximum Gasteiger partial charge on any atom is 0.0921 e. The van der Waals surface area contributed by atoms with Crippen LogP contribution in [0.1, 0.15) is 27.9 Å². The van der Waals surface area contributed by atoms with Crippen LogP contribution in [0.2, 0.25) is 0 Å². The van der Waals surface area contributed by atoms with E-state index in [9.17, 15) is 0 Å². The van der Waals surface area contributed by atoms with Crippen LogP contribution in [-0.2, 0) is 12.0 Å². The fraction of sp³-hybridized carbons (Fsp3) is 0.154. The number of allylic oxidation sites excluding steroid dienone is 2. The molecule has 4 aromatic rings. The second-order valence-electron chi connectivity index (χ2n) is 7.78. The predicted molar refractivity (Wildman–Crippen MR) is 139 cm³/mol. The van der Waals surface area contributed by atoms with Gasteiger partial charge in [0.1, 0.15) is 0 Å². The van der Waals surface area contributed by atoms with Crippen LogP contribution in [-0.4, -0.2) is 4.57 Å². The Hall–Kier alpha value is -1.60. The molecule has 0 N–H and O–H groups in total. The topological polar surface area (TPSA) is 4.93 Å². The van der Waals surface area contributed by atoms with E-state index in [0.29, 0.717) is 0 Å². The van der Waals surface area contributed by atoms with E-state index in [0.717, 1.165) is 6.54 Å². The van der Waals surface area contributed by atoms with E-state index in [2.05, 4.69) is 142 Å². The number of fused-ring (bicyclic) bond motifs is 3. The van der Waals surface area contributed by atoms with Crippen LogP contribution in [0.15, 0.2) is 86.0 Å². The SMILES string of the molecule is Cc1cccc(C2(c3ccccc3)C(I)=C(I)Cn3c2c(C)c2ccccc23)c1. The van der Waals surface area contributed by atoms with Gasteiger partial charge in [-0.25, -0.2) is 0 Å². The van der Waals surface area contributed by atoms with Gasteiger partial charge in [0.15, 0.2) is 0 Å². The third-order valence-corrected chi connectivity index (χ3v) is 9.47. The van der Waals surface area contributed by atoms with Crippen molar-refractivity contribution in [2.45, 2.75) is 25.8 Å². The number of aromatic nitrogens is 1. The second kappa shape index (κ2) is 7.27. The average Bonchev–Trinajstić information content (AvgIpc) is 3.02. The van der Waals surface area contributed by atoms with Crippen molar-refractivity contribution in [3.63, 3.8) is 0 Å². The van der Waals surface area contributed by atoms with E-state index in [1.165, 1.54) is 46.0 Å². The summed E-state index contributed by atoms with van der Waals surface area (Å²) in [6, 6.07) is 28.9. The third-order valence-electron chi connectivity index (χ3n) is 6.10. The first kappa shape index (κ1) is 19.4. The molecule has 1 aromatic heterocycles. The highest BCUT2D eigenvalue weighted by atomic mass is 127. The highest BCUT2D eigenvalue weighted by Gasteiger charge is 2.46. The maximum atomic E-state index is 2.61. The minimum atomic E-state index is -0.300. The van der Waals surface area contributed by atoms with Gasteiger partial charge in [-0.2, -0.15) is 0 Å². The zero-order valence-corrected chi connectivity index (χ0v) is 20.7. The molecule has 144 valence electrons. The van der Waals surface area contributed by atoms with E-state index in [1.54, 1.807) is 0 Å². The van der Waals surface area contributed by atoms with Crippen LogP contribution in [0.25, 0.3) is 10.9 Å². The van der Waals surface area contributed by atoms with Crippen LogP contribution in [0.4, 0.5) is 0 Å². The van der Waals surface area contributed by atoms with Gasteiger partial charge < -0.3 is 4.57 Å². The molecule has 0 bridgehead atoms. The summed E-state index contributed by atoms with van der Waals surface area (Å²) in [6.07, 6.45) is 0. The van der Waals surface area contributed by atoms with Crippen molar-refractivity contribution in [1.29, 1.82) is 0 Å². The molecule has 3 heteroatoms. The first-order valence-electron chi connectivity index (χ1n) is 9.80. The molecule has 0 radical (unpaired) electrons. The molecule has 0 saturated heterocycles. The van der Waals surface area contributed by atoms with E-state index in [-0.39, 0.29) is 5.41 Å². The number of nitrogens with zero attached hydrogens (tertiary/aromatic N) is 1. The number of hydrogen-bond donors (Lipinski definition) is 0. The molecule has 0 aliphatic carbocycles. The quantitative estimate of drug-likeness (QED) is 0.208. The summed E-state index contributed by atoms with van der Waals surface area (Å²) in [5.41, 5.74) is 7.77. The van der Waals surface area contributed by atoms with Gasteiger partial charge in [0, 0.05) is 23.8 Å². The summed E-state index contributed by atoms with van der Waals surface area (Å²) < 4.78 is 5.36. The summed E-state index contributed by atoms with van der Waals surface area (Å²) in [5.74, 6) is 0. The van der Waals surface area contributed by atoms with Crippen molar-refractivity contribution in [3.05, 3.63) is 114 Å². The molecule has 0 amide bonds. The molecule has 2 heterocycles. The van der Waals surface area contributed by atoms with Gasteiger partial charge in [-0.15, -0.1) is 0 Å². The van der Waals surface area contributed by atoms with Crippen molar-refractivity contribution in [1.82, 2.24) is 4.57 Å². The van der Waals surface area contributed by atoms with Gasteiger partial charge in [0.25, 0.3) is 0 Å². The lowest BCUT2D eigenvalue weighted by Gasteiger charge is -2.41. The van der Waals surface area contributed by atoms with E-state index in [4.69, 9.17) is 0 Å². The van der Waals surface area contributed by atoms with Crippen LogP contribution in [0, 0.1) is 13.8 Å². The Labute approximate surface area is 199 Å². The standard InChI is InChI=1S/C26H21I2N/c1-17-9-8-12-20(15-17)26(19-10-4-3-5-11-19)24(28)22(27)16-29-23-14-7-6-13-21(23)18(2)25(26)29/h3-15H,16H2,1-2H3. The van der Waals surface area contributed by atoms with Gasteiger partial charge >= 0.3 is 0 Å². The Balaban J connectivity index is 2.01. The molecule has 0 fully saturated rings. The molecule has 1 unspecified atom stereocenters. The zero-order valence-electron chi connectivity index (χ0n) is 16.4. The summed E-state index contributed by atoms with van der Waals surface area (Å²) >= 11 is 5.17. The average molecular weight is 601 g/mol. The van der Waals surface area contributed by atoms with Crippen LogP contribution in [0.3, 0.4) is 0 Å². The van der Waals surface area contributed by atoms with Crippen molar-refractivity contribution in [3.8, 4) is 0 Å². The third kappa shape index (κ3) is 2.76. The fourth-order valence-corrected chi connectivity index (χ4v) is 6.69. The Morgan fingerprint density at radius 3 is 2.24 bits per heavy atom. The molecule has 1 atom stereocenters. The van der Waals surface area contributed by atoms with Crippen molar-refractivity contribution < 1.29 is 0 Å². The number of halogens is 2. The van der Waals surface area contributed by atoms with Crippen LogP contribution >= 0.6 is 45.2 Å². The maximum absolute atomic E-state index is 2.61. The van der Waals surface area contributed by atoms with Gasteiger partial charge in [0.2, 0.25) is 0 Å². The predicted octanol–water partition coefficient (Wildman–Crippen LogP) is 7.69. The molecule has 1 aliphatic rings. The fourth-order valence-electron chi connectivity index (χ4n) is 4.90. The number of aryl methyl sites for hydroxylation is 2. The Morgan fingerprint density at radius 1 is 0.793 bits per heavy atom. The molecule has 0 spiro atoms. The molecule has 1 aliphatic heterocycles. The smallest absolute Gasteiger partial charge is 0.0921 e. The number of hydrogen-bond acceptors (Lipinski definition) is 0. The monoisotopic (exact) mass is 601 g/mol. The first-order valence-corrected chi connectivity index (χ1v) is 12.0. The van der Waals surface area contributed by atoms with Gasteiger partial charge in [-0.3, -0.25) is 0 Å². The molecule has 1 nitrogen and oxygen atoms in total. The molecule has 3 aromatic carbocycles. The van der Waals surface area contributed by atoms with Crippen LogP contribution < -0.4 is 0 Å². The lowest BCUT2D eigenvalue weighted by Crippen LogP contribution is -2.37. The normalized spacial score (nSPS) is 18.9. The van der Waals surface area contributed by atoms with Gasteiger partial charge in [-0.1, -0.05) is 78.4 Å². The van der Waals surface area contributed by atoms with Gasteiger partial charge in [-0.05, 0) is 81.8 Å². The molecule has 29 heavy (non-hydrogen) atoms. The molecular formula is C26H21I2N. The summed E-state index contributed by atoms with van der Waals surface area (Å²) in [7, 11) is 0. The minimum Gasteiger partial charge on any atom is -0.338 e. The number of benzene rings is 3. The summed E-state index contributed by atoms with van der Waals surface area (Å²) in [5, 5.41) is 1.35. The largest absolute Gasteiger partial charge is 0.338 e. The molecule has 0 saturated carbocycles. The molecular weight excluding hydrogens is 580 g/mol. The highest BCUT2D eigenvalue weighted by Crippen LogP contribution is 2.55. The van der Waals surface area contributed by atoms with Gasteiger partial charge in [0.05, 0.1) is 12.0 Å². The van der Waals surface area contributed by atoms with E-state index < -0.39 is 0 Å². The minimum absolute atomic E-state index is 0.300. The number of rotatable bonds is 2. The summed E-state index contributed by atoms with van der Waals surface area (Å²) in [4.78, 5) is 0. The summed E-state index contributed by atoms with van der Waals surface area (Å²) in [6.45, 7) is 5.42. The Kier molecular flexibility index (Phi) is 4.86. The lowest BCUT2D eigenvalue weighted by atomic mass is 9.69.